The van der Waals surface area contributed by atoms with Gasteiger partial charge in [-0.05, 0) is 44.4 Å². The number of piperidine rings is 1. The highest BCUT2D eigenvalue weighted by Gasteiger charge is 2.24. The molecule has 2 atom stereocenters. The summed E-state index contributed by atoms with van der Waals surface area (Å²) in [5, 5.41) is 3.33. The second kappa shape index (κ2) is 7.76. The minimum atomic E-state index is -0.116. The van der Waals surface area contributed by atoms with E-state index in [9.17, 15) is 4.39 Å². The van der Waals surface area contributed by atoms with Crippen molar-refractivity contribution in [2.45, 2.75) is 32.7 Å². The largest absolute Gasteiger partial charge is 0.384 e. The average molecular weight is 294 g/mol. The van der Waals surface area contributed by atoms with Crippen LogP contribution in [-0.2, 0) is 4.74 Å². The lowest BCUT2D eigenvalue weighted by Gasteiger charge is -2.36. The monoisotopic (exact) mass is 294 g/mol. The highest BCUT2D eigenvalue weighted by Crippen LogP contribution is 2.32. The predicted octanol–water partition coefficient (Wildman–Crippen LogP) is 3.36. The van der Waals surface area contributed by atoms with Gasteiger partial charge in [-0.1, -0.05) is 13.0 Å². The number of hydrogen-bond acceptors (Lipinski definition) is 3. The zero-order valence-corrected chi connectivity index (χ0v) is 13.4. The molecule has 1 N–H and O–H groups in total. The Kier molecular flexibility index (Phi) is 6.00. The van der Waals surface area contributed by atoms with E-state index in [1.165, 1.54) is 6.42 Å². The smallest absolute Gasteiger partial charge is 0.130 e. The van der Waals surface area contributed by atoms with Gasteiger partial charge in [-0.15, -0.1) is 0 Å². The molecule has 3 nitrogen and oxygen atoms in total. The first-order chi connectivity index (χ1) is 10.2. The van der Waals surface area contributed by atoms with E-state index in [0.717, 1.165) is 43.9 Å². The number of nitrogens with zero attached hydrogens (tertiary/aromatic N) is 1. The summed E-state index contributed by atoms with van der Waals surface area (Å²) >= 11 is 0. The molecule has 21 heavy (non-hydrogen) atoms. The van der Waals surface area contributed by atoms with Crippen LogP contribution in [0.15, 0.2) is 18.2 Å². The van der Waals surface area contributed by atoms with Gasteiger partial charge in [0.1, 0.15) is 5.82 Å². The molecule has 4 heteroatoms. The molecule has 0 aromatic heterocycles. The van der Waals surface area contributed by atoms with E-state index >= 15 is 0 Å². The normalized spacial score (nSPS) is 20.6. The highest BCUT2D eigenvalue weighted by atomic mass is 19.1. The first-order valence-corrected chi connectivity index (χ1v) is 7.93. The molecule has 1 heterocycles. The van der Waals surface area contributed by atoms with Gasteiger partial charge < -0.3 is 15.0 Å². The maximum Gasteiger partial charge on any atom is 0.130 e. The fourth-order valence-electron chi connectivity index (χ4n) is 3.29. The Labute approximate surface area is 127 Å². The van der Waals surface area contributed by atoms with Crippen molar-refractivity contribution in [1.82, 2.24) is 5.32 Å². The summed E-state index contributed by atoms with van der Waals surface area (Å²) in [6, 6.07) is 5.44. The minimum Gasteiger partial charge on any atom is -0.384 e. The third kappa shape index (κ3) is 3.95. The molecule has 0 aliphatic carbocycles. The van der Waals surface area contributed by atoms with Gasteiger partial charge in [0.25, 0.3) is 0 Å². The number of anilines is 1. The molecule has 118 valence electrons. The van der Waals surface area contributed by atoms with Gasteiger partial charge in [0.15, 0.2) is 0 Å². The van der Waals surface area contributed by atoms with Gasteiger partial charge in [-0.3, -0.25) is 0 Å². The van der Waals surface area contributed by atoms with Crippen LogP contribution in [0.25, 0.3) is 0 Å². The molecule has 0 bridgehead atoms. The molecule has 2 unspecified atom stereocenters. The maximum atomic E-state index is 14.3. The van der Waals surface area contributed by atoms with Crippen LogP contribution in [0.5, 0.6) is 0 Å². The van der Waals surface area contributed by atoms with Crippen LogP contribution in [-0.4, -0.2) is 33.4 Å². The van der Waals surface area contributed by atoms with Gasteiger partial charge in [0, 0.05) is 37.5 Å². The average Bonchev–Trinajstić information content (AvgIpc) is 2.48. The minimum absolute atomic E-state index is 0.0222. The summed E-state index contributed by atoms with van der Waals surface area (Å²) < 4.78 is 19.6. The first-order valence-electron chi connectivity index (χ1n) is 7.93. The first kappa shape index (κ1) is 16.2. The van der Waals surface area contributed by atoms with Crippen LogP contribution in [0.4, 0.5) is 10.1 Å². The van der Waals surface area contributed by atoms with Gasteiger partial charge >= 0.3 is 0 Å². The Morgan fingerprint density at radius 3 is 3.00 bits per heavy atom. The molecule has 0 amide bonds. The molecule has 1 saturated heterocycles. The van der Waals surface area contributed by atoms with Gasteiger partial charge in [0.05, 0.1) is 6.61 Å². The summed E-state index contributed by atoms with van der Waals surface area (Å²) in [5.74, 6) is 0.420. The maximum absolute atomic E-state index is 14.3. The predicted molar refractivity (Wildman–Crippen MR) is 85.3 cm³/mol. The van der Waals surface area contributed by atoms with Crippen LogP contribution < -0.4 is 10.2 Å². The molecule has 1 aliphatic rings. The van der Waals surface area contributed by atoms with Crippen molar-refractivity contribution in [3.8, 4) is 0 Å². The zero-order valence-electron chi connectivity index (χ0n) is 13.4. The Bertz CT molecular complexity index is 450. The van der Waals surface area contributed by atoms with Crippen LogP contribution in [0.1, 0.15) is 38.3 Å². The van der Waals surface area contributed by atoms with E-state index < -0.39 is 0 Å². The van der Waals surface area contributed by atoms with Gasteiger partial charge in [-0.2, -0.15) is 0 Å². The number of hydrogen-bond donors (Lipinski definition) is 1. The van der Waals surface area contributed by atoms with Crippen molar-refractivity contribution < 1.29 is 9.13 Å². The molecule has 1 aromatic carbocycles. The Balaban J connectivity index is 2.24. The molecule has 0 radical (unpaired) electrons. The standard InChI is InChI=1S/C17H27FN2O/c1-4-19-13(2)17-15(18)8-5-9-16(17)20-10-6-7-14(11-20)12-21-3/h5,8-9,13-14,19H,4,6-7,10-12H2,1-3H3. The summed E-state index contributed by atoms with van der Waals surface area (Å²) in [6.45, 7) is 7.64. The van der Waals surface area contributed by atoms with E-state index in [0.29, 0.717) is 5.92 Å². The lowest BCUT2D eigenvalue weighted by atomic mass is 9.96. The second-order valence-corrected chi connectivity index (χ2v) is 5.86. The molecule has 1 aliphatic heterocycles. The fraction of sp³-hybridized carbons (Fsp3) is 0.647. The van der Waals surface area contributed by atoms with Crippen molar-refractivity contribution >= 4 is 5.69 Å². The third-order valence-electron chi connectivity index (χ3n) is 4.24. The third-order valence-corrected chi connectivity index (χ3v) is 4.24. The van der Waals surface area contributed by atoms with Crippen LogP contribution in [0.3, 0.4) is 0 Å². The summed E-state index contributed by atoms with van der Waals surface area (Å²) in [5.41, 5.74) is 1.82. The number of halogens is 1. The van der Waals surface area contributed by atoms with Crippen molar-refractivity contribution in [1.29, 1.82) is 0 Å². The zero-order chi connectivity index (χ0) is 15.2. The van der Waals surface area contributed by atoms with Crippen LogP contribution in [0.2, 0.25) is 0 Å². The molecule has 0 saturated carbocycles. The second-order valence-electron chi connectivity index (χ2n) is 5.86. The van der Waals surface area contributed by atoms with Crippen molar-refractivity contribution in [3.05, 3.63) is 29.6 Å². The van der Waals surface area contributed by atoms with E-state index in [1.54, 1.807) is 13.2 Å². The van der Waals surface area contributed by atoms with Gasteiger partial charge in [-0.25, -0.2) is 4.39 Å². The van der Waals surface area contributed by atoms with Crippen molar-refractivity contribution in [2.24, 2.45) is 5.92 Å². The Morgan fingerprint density at radius 1 is 1.48 bits per heavy atom. The van der Waals surface area contributed by atoms with Gasteiger partial charge in [0.2, 0.25) is 0 Å². The number of ether oxygens (including phenoxy) is 1. The molecule has 2 rings (SSSR count). The van der Waals surface area contributed by atoms with E-state index in [-0.39, 0.29) is 11.9 Å². The number of benzene rings is 1. The number of rotatable bonds is 6. The van der Waals surface area contributed by atoms with E-state index in [4.69, 9.17) is 4.74 Å². The quantitative estimate of drug-likeness (QED) is 0.870. The van der Waals surface area contributed by atoms with Crippen LogP contribution >= 0.6 is 0 Å². The van der Waals surface area contributed by atoms with E-state index in [1.807, 2.05) is 26.0 Å². The topological polar surface area (TPSA) is 24.5 Å². The number of nitrogens with one attached hydrogen (secondary N) is 1. The lowest BCUT2D eigenvalue weighted by Crippen LogP contribution is -2.38. The summed E-state index contributed by atoms with van der Waals surface area (Å²) in [7, 11) is 1.75. The van der Waals surface area contributed by atoms with E-state index in [2.05, 4.69) is 10.2 Å². The lowest BCUT2D eigenvalue weighted by molar-refractivity contribution is 0.143. The number of methoxy groups -OCH3 is 1. The van der Waals surface area contributed by atoms with Crippen LogP contribution in [0, 0.1) is 11.7 Å². The summed E-state index contributed by atoms with van der Waals surface area (Å²) in [4.78, 5) is 2.32. The highest BCUT2D eigenvalue weighted by molar-refractivity contribution is 5.56. The molecular formula is C17H27FN2O. The Hall–Kier alpha value is -1.13. The SMILES string of the molecule is CCNC(C)c1c(F)cccc1N1CCCC(COC)C1. The Morgan fingerprint density at radius 2 is 2.29 bits per heavy atom. The van der Waals surface area contributed by atoms with Crippen molar-refractivity contribution in [2.75, 3.05) is 38.3 Å². The molecular weight excluding hydrogens is 267 g/mol. The molecule has 0 spiro atoms. The fourth-order valence-corrected chi connectivity index (χ4v) is 3.29. The summed E-state index contributed by atoms with van der Waals surface area (Å²) in [6.07, 6.45) is 2.33. The van der Waals surface area contributed by atoms with Crippen molar-refractivity contribution in [3.63, 3.8) is 0 Å². The molecule has 1 aromatic rings. The molecule has 1 fully saturated rings.